The number of nitrogens with one attached hydrogen (secondary N) is 1. The number of amides is 2. The molecular formula is C17H24F3N3O2. The van der Waals surface area contributed by atoms with Crippen molar-refractivity contribution in [2.45, 2.75) is 26.4 Å². The van der Waals surface area contributed by atoms with Gasteiger partial charge in [0.2, 0.25) is 11.8 Å². The number of benzene rings is 1. The lowest BCUT2D eigenvalue weighted by Crippen LogP contribution is -2.44. The van der Waals surface area contributed by atoms with Crippen LogP contribution < -0.4 is 5.32 Å². The Morgan fingerprint density at radius 1 is 1.16 bits per heavy atom. The molecule has 1 aromatic rings. The highest BCUT2D eigenvalue weighted by Gasteiger charge is 2.31. The largest absolute Gasteiger partial charge is 0.406 e. The van der Waals surface area contributed by atoms with Gasteiger partial charge in [0.05, 0.1) is 13.1 Å². The maximum absolute atomic E-state index is 12.4. The van der Waals surface area contributed by atoms with Gasteiger partial charge in [0.1, 0.15) is 6.54 Å². The molecule has 140 valence electrons. The van der Waals surface area contributed by atoms with Crippen molar-refractivity contribution in [2.75, 3.05) is 38.5 Å². The summed E-state index contributed by atoms with van der Waals surface area (Å²) in [6.45, 7) is 2.56. The molecule has 1 rings (SSSR count). The summed E-state index contributed by atoms with van der Waals surface area (Å²) in [5.41, 5.74) is 1.57. The fraction of sp³-hybridized carbons (Fsp3) is 0.529. The Morgan fingerprint density at radius 3 is 2.36 bits per heavy atom. The molecule has 0 heterocycles. The van der Waals surface area contributed by atoms with E-state index < -0.39 is 18.6 Å². The smallest absolute Gasteiger partial charge is 0.336 e. The first-order chi connectivity index (χ1) is 11.6. The van der Waals surface area contributed by atoms with Crippen LogP contribution in [0.2, 0.25) is 0 Å². The molecule has 0 fully saturated rings. The van der Waals surface area contributed by atoms with E-state index in [1.165, 1.54) is 0 Å². The molecule has 0 aromatic heterocycles. The Balaban J connectivity index is 2.62. The molecule has 0 aliphatic rings. The third-order valence-corrected chi connectivity index (χ3v) is 3.53. The zero-order chi connectivity index (χ0) is 19.0. The summed E-state index contributed by atoms with van der Waals surface area (Å²) in [5, 5.41) is 2.75. The van der Waals surface area contributed by atoms with Crippen molar-refractivity contribution in [3.63, 3.8) is 0 Å². The fourth-order valence-electron chi connectivity index (χ4n) is 2.31. The molecule has 25 heavy (non-hydrogen) atoms. The van der Waals surface area contributed by atoms with Gasteiger partial charge in [-0.2, -0.15) is 13.2 Å². The Labute approximate surface area is 145 Å². The Kier molecular flexibility index (Phi) is 7.89. The van der Waals surface area contributed by atoms with E-state index in [-0.39, 0.29) is 19.0 Å². The van der Waals surface area contributed by atoms with Crippen molar-refractivity contribution in [1.82, 2.24) is 9.80 Å². The second-order valence-corrected chi connectivity index (χ2v) is 5.94. The molecule has 0 atom stereocenters. The predicted molar refractivity (Wildman–Crippen MR) is 90.2 cm³/mol. The van der Waals surface area contributed by atoms with Crippen molar-refractivity contribution >= 4 is 17.5 Å². The molecule has 1 aromatic carbocycles. The number of carbonyl (C=O) groups excluding carboxylic acids is 2. The normalized spacial score (nSPS) is 11.5. The third kappa shape index (κ3) is 8.02. The van der Waals surface area contributed by atoms with E-state index in [9.17, 15) is 22.8 Å². The summed E-state index contributed by atoms with van der Waals surface area (Å²) < 4.78 is 37.1. The minimum absolute atomic E-state index is 0.0617. The predicted octanol–water partition coefficient (Wildman–Crippen LogP) is 2.67. The lowest BCUT2D eigenvalue weighted by atomic mass is 10.2. The first kappa shape index (κ1) is 21.0. The van der Waals surface area contributed by atoms with Crippen LogP contribution in [0.5, 0.6) is 0 Å². The zero-order valence-corrected chi connectivity index (χ0v) is 14.7. The van der Waals surface area contributed by atoms with Crippen molar-refractivity contribution in [1.29, 1.82) is 0 Å². The van der Waals surface area contributed by atoms with Crippen LogP contribution in [0.1, 0.15) is 18.9 Å². The summed E-state index contributed by atoms with van der Waals surface area (Å²) in [6.07, 6.45) is -3.77. The van der Waals surface area contributed by atoms with Gasteiger partial charge in [0.15, 0.2) is 0 Å². The number of hydrogen-bond donors (Lipinski definition) is 1. The van der Waals surface area contributed by atoms with Gasteiger partial charge in [-0.3, -0.25) is 14.5 Å². The monoisotopic (exact) mass is 359 g/mol. The highest BCUT2D eigenvalue weighted by Crippen LogP contribution is 2.16. The Hall–Kier alpha value is -2.09. The molecule has 0 saturated heterocycles. The molecule has 1 N–H and O–H groups in total. The SMILES string of the molecule is CCCN(CC(=O)Nc1ccccc1C)CC(=O)N(C)CC(F)(F)F. The van der Waals surface area contributed by atoms with Crippen LogP contribution in [0, 0.1) is 6.92 Å². The van der Waals surface area contributed by atoms with Gasteiger partial charge in [-0.15, -0.1) is 0 Å². The van der Waals surface area contributed by atoms with Gasteiger partial charge in [0.25, 0.3) is 0 Å². The maximum atomic E-state index is 12.4. The molecule has 0 unspecified atom stereocenters. The lowest BCUT2D eigenvalue weighted by Gasteiger charge is -2.25. The number of carbonyl (C=O) groups is 2. The molecule has 0 aliphatic carbocycles. The van der Waals surface area contributed by atoms with Gasteiger partial charge >= 0.3 is 6.18 Å². The van der Waals surface area contributed by atoms with Gasteiger partial charge in [-0.1, -0.05) is 25.1 Å². The second-order valence-electron chi connectivity index (χ2n) is 5.94. The Morgan fingerprint density at radius 2 is 1.80 bits per heavy atom. The van der Waals surface area contributed by atoms with Crippen molar-refractivity contribution < 1.29 is 22.8 Å². The average Bonchev–Trinajstić information content (AvgIpc) is 2.48. The third-order valence-electron chi connectivity index (χ3n) is 3.53. The number of alkyl halides is 3. The summed E-state index contributed by atoms with van der Waals surface area (Å²) in [5.74, 6) is -0.983. The summed E-state index contributed by atoms with van der Waals surface area (Å²) >= 11 is 0. The molecular weight excluding hydrogens is 335 g/mol. The number of anilines is 1. The van der Waals surface area contributed by atoms with E-state index in [1.807, 2.05) is 26.0 Å². The van der Waals surface area contributed by atoms with Crippen molar-refractivity contribution in [3.05, 3.63) is 29.8 Å². The fourth-order valence-corrected chi connectivity index (χ4v) is 2.31. The maximum Gasteiger partial charge on any atom is 0.406 e. The van der Waals surface area contributed by atoms with Crippen LogP contribution in [0.4, 0.5) is 18.9 Å². The number of likely N-dealkylation sites (N-methyl/N-ethyl adjacent to an activating group) is 1. The molecule has 0 radical (unpaired) electrons. The summed E-state index contributed by atoms with van der Waals surface area (Å²) in [7, 11) is 1.10. The van der Waals surface area contributed by atoms with Crippen LogP contribution in [-0.2, 0) is 9.59 Å². The molecule has 5 nitrogen and oxygen atoms in total. The minimum Gasteiger partial charge on any atom is -0.336 e. The zero-order valence-electron chi connectivity index (χ0n) is 14.7. The number of aryl methyl sites for hydroxylation is 1. The molecule has 0 spiro atoms. The number of para-hydroxylation sites is 1. The summed E-state index contributed by atoms with van der Waals surface area (Å²) in [6, 6.07) is 7.26. The van der Waals surface area contributed by atoms with Crippen LogP contribution in [0.25, 0.3) is 0 Å². The second kappa shape index (κ2) is 9.41. The molecule has 2 amide bonds. The van der Waals surface area contributed by atoms with Crippen LogP contribution in [0.15, 0.2) is 24.3 Å². The number of hydrogen-bond acceptors (Lipinski definition) is 3. The molecule has 0 aliphatic heterocycles. The first-order valence-corrected chi connectivity index (χ1v) is 8.01. The van der Waals surface area contributed by atoms with Crippen LogP contribution in [0.3, 0.4) is 0 Å². The van der Waals surface area contributed by atoms with Crippen molar-refractivity contribution in [3.8, 4) is 0 Å². The van der Waals surface area contributed by atoms with E-state index in [0.29, 0.717) is 23.6 Å². The first-order valence-electron chi connectivity index (χ1n) is 8.01. The van der Waals surface area contributed by atoms with Gasteiger partial charge in [-0.05, 0) is 31.5 Å². The molecule has 8 heteroatoms. The van der Waals surface area contributed by atoms with Gasteiger partial charge in [-0.25, -0.2) is 0 Å². The number of halogens is 3. The lowest BCUT2D eigenvalue weighted by molar-refractivity contribution is -0.159. The van der Waals surface area contributed by atoms with Crippen LogP contribution in [-0.4, -0.2) is 61.0 Å². The molecule has 0 bridgehead atoms. The van der Waals surface area contributed by atoms with E-state index in [0.717, 1.165) is 12.6 Å². The highest BCUT2D eigenvalue weighted by atomic mass is 19.4. The summed E-state index contributed by atoms with van der Waals surface area (Å²) in [4.78, 5) is 26.3. The van der Waals surface area contributed by atoms with Crippen LogP contribution >= 0.6 is 0 Å². The number of rotatable bonds is 8. The van der Waals surface area contributed by atoms with E-state index >= 15 is 0 Å². The molecule has 0 saturated carbocycles. The highest BCUT2D eigenvalue weighted by molar-refractivity contribution is 5.93. The van der Waals surface area contributed by atoms with Gasteiger partial charge < -0.3 is 10.2 Å². The van der Waals surface area contributed by atoms with Gasteiger partial charge in [0, 0.05) is 12.7 Å². The minimum atomic E-state index is -4.44. The standard InChI is InChI=1S/C17H24F3N3O2/c1-4-9-23(11-16(25)22(3)12-17(18,19)20)10-15(24)21-14-8-6-5-7-13(14)2/h5-8H,4,9-12H2,1-3H3,(H,21,24). The van der Waals surface area contributed by atoms with E-state index in [4.69, 9.17) is 0 Å². The van der Waals surface area contributed by atoms with E-state index in [2.05, 4.69) is 5.32 Å². The average molecular weight is 359 g/mol. The topological polar surface area (TPSA) is 52.7 Å². The quantitative estimate of drug-likeness (QED) is 0.776. The van der Waals surface area contributed by atoms with Crippen molar-refractivity contribution in [2.24, 2.45) is 0 Å². The Bertz CT molecular complexity index is 591. The van der Waals surface area contributed by atoms with E-state index in [1.54, 1.807) is 17.0 Å². The number of nitrogens with zero attached hydrogens (tertiary/aromatic N) is 2.